The van der Waals surface area contributed by atoms with Crippen molar-refractivity contribution in [2.75, 3.05) is 6.54 Å². The molecule has 0 saturated heterocycles. The Morgan fingerprint density at radius 1 is 0.893 bits per heavy atom. The molecule has 0 heterocycles. The molecule has 0 fully saturated rings. The second-order valence-corrected chi connectivity index (χ2v) is 9.08. The molecule has 0 aliphatic heterocycles. The summed E-state index contributed by atoms with van der Waals surface area (Å²) in [5, 5.41) is -1.27. The maximum absolute atomic E-state index is 11.7. The summed E-state index contributed by atoms with van der Waals surface area (Å²) in [4.78, 5) is 11.7. The number of hydrogen-bond donors (Lipinski definition) is 1. The zero-order chi connectivity index (χ0) is 20.4. The Balaban J connectivity index is 0. The Kier molecular flexibility index (Phi) is 23.5. The van der Waals surface area contributed by atoms with Gasteiger partial charge in [0.15, 0.2) is 0 Å². The maximum Gasteiger partial charge on any atom is 1.00 e. The molecule has 0 spiro atoms. The Bertz CT molecular complexity index is 495. The van der Waals surface area contributed by atoms with Crippen LogP contribution in [0.25, 0.3) is 0 Å². The van der Waals surface area contributed by atoms with Crippen molar-refractivity contribution in [3.05, 3.63) is 12.2 Å². The first-order valence-electron chi connectivity index (χ1n) is 10.7. The van der Waals surface area contributed by atoms with Crippen molar-refractivity contribution in [3.63, 3.8) is 0 Å². The predicted molar refractivity (Wildman–Crippen MR) is 112 cm³/mol. The predicted octanol–water partition coefficient (Wildman–Crippen LogP) is 1.86. The first-order valence-corrected chi connectivity index (χ1v) is 12.2. The van der Waals surface area contributed by atoms with Gasteiger partial charge in [0, 0.05) is 19.4 Å². The van der Waals surface area contributed by atoms with Gasteiger partial charge in [-0.1, -0.05) is 70.4 Å². The van der Waals surface area contributed by atoms with Crippen LogP contribution in [-0.2, 0) is 14.9 Å². The molecular weight excluding hydrogens is 401 g/mol. The number of carbonyl (C=O) groups excluding carboxylic acids is 1. The minimum Gasteiger partial charge on any atom is -0.748 e. The third-order valence-electron chi connectivity index (χ3n) is 4.84. The second kappa shape index (κ2) is 21.2. The van der Waals surface area contributed by atoms with Crippen molar-refractivity contribution < 1.29 is 69.1 Å². The van der Waals surface area contributed by atoms with E-state index < -0.39 is 15.4 Å². The monoisotopic (exact) mass is 441 g/mol. The number of carbonyl (C=O) groups is 1. The zero-order valence-electron chi connectivity index (χ0n) is 18.2. The topological polar surface area (TPSA) is 100 Å². The van der Waals surface area contributed by atoms with E-state index in [0.29, 0.717) is 6.42 Å². The van der Waals surface area contributed by atoms with E-state index in [1.54, 1.807) is 0 Å². The molecule has 0 rings (SSSR count). The van der Waals surface area contributed by atoms with Crippen molar-refractivity contribution >= 4 is 15.9 Å². The van der Waals surface area contributed by atoms with Crippen LogP contribution >= 0.6 is 0 Å². The van der Waals surface area contributed by atoms with Crippen LogP contribution < -0.4 is 57.1 Å². The molecule has 0 amide bonds. The van der Waals surface area contributed by atoms with Crippen molar-refractivity contribution in [2.24, 2.45) is 5.73 Å². The van der Waals surface area contributed by atoms with Crippen LogP contribution in [-0.4, -0.2) is 30.5 Å². The molecule has 1 atom stereocenters. The summed E-state index contributed by atoms with van der Waals surface area (Å²) in [5.74, 6) is -0.178. The van der Waals surface area contributed by atoms with Crippen molar-refractivity contribution in [1.82, 2.24) is 0 Å². The van der Waals surface area contributed by atoms with Gasteiger partial charge in [0.1, 0.15) is 5.78 Å². The molecule has 5 nitrogen and oxygen atoms in total. The molecule has 0 saturated carbocycles. The van der Waals surface area contributed by atoms with Crippen LogP contribution in [0.3, 0.4) is 0 Å². The van der Waals surface area contributed by atoms with E-state index in [9.17, 15) is 17.8 Å². The number of Topliss-reactive ketones (excluding diaryl/α,β-unsaturated/α-hetero) is 1. The van der Waals surface area contributed by atoms with Crippen LogP contribution in [0.4, 0.5) is 0 Å². The number of nitrogens with two attached hydrogens (primary N) is 1. The molecule has 0 aliphatic carbocycles. The average molecular weight is 442 g/mol. The molecule has 0 bridgehead atoms. The second-order valence-electron chi connectivity index (χ2n) is 7.43. The third-order valence-corrected chi connectivity index (χ3v) is 6.02. The number of hydrogen-bond acceptors (Lipinski definition) is 5. The standard InChI is InChI=1S/C21H41NO4S.K/c1-2-3-4-5-6-7-8-9-10-11-12-13-14-15-16-17-20(23)18-21(19-22)27(24,25)26;/h9-10,21H,2-8,11-19,22H2,1H3,(H,24,25,26);/q;+1/p-1/b10-9-;. The number of ketones is 1. The minimum absolute atomic E-state index is 0. The van der Waals surface area contributed by atoms with Crippen molar-refractivity contribution in [3.8, 4) is 0 Å². The summed E-state index contributed by atoms with van der Waals surface area (Å²) < 4.78 is 32.8. The normalized spacial score (nSPS) is 12.8. The van der Waals surface area contributed by atoms with E-state index in [4.69, 9.17) is 5.73 Å². The zero-order valence-corrected chi connectivity index (χ0v) is 22.1. The van der Waals surface area contributed by atoms with Gasteiger partial charge in [0.2, 0.25) is 0 Å². The van der Waals surface area contributed by atoms with Crippen molar-refractivity contribution in [1.29, 1.82) is 0 Å². The van der Waals surface area contributed by atoms with Gasteiger partial charge in [-0.05, 0) is 32.1 Å². The Morgan fingerprint density at radius 3 is 1.82 bits per heavy atom. The van der Waals surface area contributed by atoms with Gasteiger partial charge in [-0.25, -0.2) is 8.42 Å². The summed E-state index contributed by atoms with van der Waals surface area (Å²) >= 11 is 0. The van der Waals surface area contributed by atoms with E-state index >= 15 is 0 Å². The van der Waals surface area contributed by atoms with Gasteiger partial charge < -0.3 is 10.3 Å². The third kappa shape index (κ3) is 20.2. The number of allylic oxidation sites excluding steroid dienone is 2. The summed E-state index contributed by atoms with van der Waals surface area (Å²) in [5.41, 5.74) is 5.26. The van der Waals surface area contributed by atoms with E-state index in [1.165, 1.54) is 51.4 Å². The molecule has 28 heavy (non-hydrogen) atoms. The smallest absolute Gasteiger partial charge is 0.748 e. The SMILES string of the molecule is CCCCCCCC/C=C\CCCCCCCC(=O)CC(CN)S(=O)(=O)[O-].[K+]. The van der Waals surface area contributed by atoms with Crippen molar-refractivity contribution in [2.45, 2.75) is 108 Å². The summed E-state index contributed by atoms with van der Waals surface area (Å²) in [6.45, 7) is 1.95. The van der Waals surface area contributed by atoms with Crippen LogP contribution in [0.1, 0.15) is 103 Å². The molecule has 1 unspecified atom stereocenters. The van der Waals surface area contributed by atoms with Gasteiger partial charge in [0.25, 0.3) is 0 Å². The van der Waals surface area contributed by atoms with Gasteiger partial charge in [-0.15, -0.1) is 0 Å². The van der Waals surface area contributed by atoms with E-state index in [1.807, 2.05) is 0 Å². The Labute approximate surface area is 215 Å². The van der Waals surface area contributed by atoms with Crippen LogP contribution in [0.15, 0.2) is 12.2 Å². The van der Waals surface area contributed by atoms with Gasteiger partial charge in [0.05, 0.1) is 15.4 Å². The van der Waals surface area contributed by atoms with Gasteiger partial charge >= 0.3 is 51.4 Å². The van der Waals surface area contributed by atoms with Crippen LogP contribution in [0.2, 0.25) is 0 Å². The van der Waals surface area contributed by atoms with Gasteiger partial charge in [-0.3, -0.25) is 4.79 Å². The van der Waals surface area contributed by atoms with Crippen LogP contribution in [0, 0.1) is 0 Å². The molecular formula is C21H40KNO4S. The largest absolute Gasteiger partial charge is 1.00 e. The first-order chi connectivity index (χ1) is 12.9. The fourth-order valence-corrected chi connectivity index (χ4v) is 3.68. The fourth-order valence-electron chi connectivity index (χ4n) is 3.05. The number of rotatable bonds is 19. The number of unbranched alkanes of at least 4 members (excludes halogenated alkanes) is 11. The van der Waals surface area contributed by atoms with E-state index in [2.05, 4.69) is 19.1 Å². The molecule has 0 radical (unpaired) electrons. The van der Waals surface area contributed by atoms with E-state index in [0.717, 1.165) is 32.1 Å². The fraction of sp³-hybridized carbons (Fsp3) is 0.857. The molecule has 0 aromatic heterocycles. The average Bonchev–Trinajstić information content (AvgIpc) is 2.62. The molecule has 0 aromatic rings. The first kappa shape index (κ1) is 31.1. The molecule has 2 N–H and O–H groups in total. The molecule has 0 aromatic carbocycles. The minimum atomic E-state index is -4.47. The van der Waals surface area contributed by atoms with Gasteiger partial charge in [-0.2, -0.15) is 0 Å². The maximum atomic E-state index is 11.7. The van der Waals surface area contributed by atoms with E-state index in [-0.39, 0.29) is 70.1 Å². The molecule has 0 aliphatic rings. The Morgan fingerprint density at radius 2 is 1.36 bits per heavy atom. The Hall–Kier alpha value is 0.916. The summed E-state index contributed by atoms with van der Waals surface area (Å²) in [7, 11) is -4.47. The quantitative estimate of drug-likeness (QED) is 0.143. The molecule has 7 heteroatoms. The summed E-state index contributed by atoms with van der Waals surface area (Å²) in [6.07, 6.45) is 20.1. The molecule has 160 valence electrons. The summed E-state index contributed by atoms with van der Waals surface area (Å²) in [6, 6.07) is 0. The van der Waals surface area contributed by atoms with Crippen LogP contribution in [0.5, 0.6) is 0 Å².